The maximum absolute atomic E-state index is 9.63. The number of hydrogen-bond acceptors (Lipinski definition) is 13. The number of anilines is 2. The normalized spacial score (nSPS) is 19.5. The second-order valence-electron chi connectivity index (χ2n) is 12.2. The lowest BCUT2D eigenvalue weighted by molar-refractivity contribution is 0.00500. The Bertz CT molecular complexity index is 1520. The van der Waals surface area contributed by atoms with Crippen LogP contribution in [0, 0.1) is 22.3 Å². The monoisotopic (exact) mass is 659 g/mol. The van der Waals surface area contributed by atoms with E-state index in [1.807, 2.05) is 23.9 Å². The van der Waals surface area contributed by atoms with Crippen molar-refractivity contribution in [1.82, 2.24) is 29.7 Å². The molecule has 1 aliphatic carbocycles. The van der Waals surface area contributed by atoms with Crippen LogP contribution in [0.1, 0.15) is 57.6 Å². The molecule has 2 aliphatic rings. The molecule has 256 valence electrons. The zero-order valence-corrected chi connectivity index (χ0v) is 27.8. The minimum absolute atomic E-state index is 0.0979. The van der Waals surface area contributed by atoms with E-state index in [0.717, 1.165) is 80.9 Å². The van der Waals surface area contributed by atoms with Gasteiger partial charge in [-0.1, -0.05) is 11.3 Å². The molecule has 48 heavy (non-hydrogen) atoms. The highest BCUT2D eigenvalue weighted by Crippen LogP contribution is 2.35. The Balaban J connectivity index is 1.29. The zero-order chi connectivity index (χ0) is 33.9. The van der Waals surface area contributed by atoms with Gasteiger partial charge in [-0.15, -0.1) is 5.10 Å². The van der Waals surface area contributed by atoms with Crippen molar-refractivity contribution in [3.05, 3.63) is 42.4 Å². The second kappa shape index (κ2) is 17.0. The molecule has 3 N–H and O–H groups in total. The largest absolute Gasteiger partial charge is 0.487 e. The van der Waals surface area contributed by atoms with Crippen LogP contribution >= 0.6 is 0 Å². The van der Waals surface area contributed by atoms with Gasteiger partial charge in [0.25, 0.3) is 5.88 Å². The molecule has 15 nitrogen and oxygen atoms in total. The fraction of sp³-hybridized carbons (Fsp3) is 0.545. The Labute approximate surface area is 281 Å². The number of ether oxygens (including phenoxy) is 4. The van der Waals surface area contributed by atoms with Gasteiger partial charge in [-0.3, -0.25) is 15.0 Å². The summed E-state index contributed by atoms with van der Waals surface area (Å²) in [6.45, 7) is 8.22. The third-order valence-corrected chi connectivity index (χ3v) is 8.73. The highest BCUT2D eigenvalue weighted by molar-refractivity contribution is 5.67. The van der Waals surface area contributed by atoms with Crippen molar-refractivity contribution in [2.24, 2.45) is 5.22 Å². The van der Waals surface area contributed by atoms with Crippen LogP contribution in [0.5, 0.6) is 11.6 Å². The molecular weight excluding hydrogens is 614 g/mol. The number of benzene rings is 1. The first kappa shape index (κ1) is 34.7. The van der Waals surface area contributed by atoms with E-state index < -0.39 is 6.10 Å². The molecule has 1 saturated carbocycles. The van der Waals surface area contributed by atoms with Gasteiger partial charge in [0.1, 0.15) is 29.9 Å². The van der Waals surface area contributed by atoms with Crippen LogP contribution in [-0.2, 0) is 9.47 Å². The molecule has 3 heterocycles. The van der Waals surface area contributed by atoms with Crippen LogP contribution < -0.4 is 14.8 Å². The predicted molar refractivity (Wildman–Crippen MR) is 179 cm³/mol. The van der Waals surface area contributed by atoms with Crippen LogP contribution in [0.25, 0.3) is 11.1 Å². The summed E-state index contributed by atoms with van der Waals surface area (Å²) in [6, 6.07) is 8.29. The molecule has 3 aromatic rings. The standard InChI is InChI=1S/C33H45N11O4/c1-23(10-13-45-3)48-32-30(21-44(40-32)29-8-6-28(7-9-29)42-11-14-46-15-12-42)39-33-37-18-27(19-38-33)25-4-5-26(17-34)31(16-25)47-24(2)20-43(22-35)41-36/h4-5,16,18-19,21-24,28-29,35-36H,6-15,20H2,1-3H3,(H,37,38,39)/t23?,24-,28?,29?/m0/s1. The van der Waals surface area contributed by atoms with Crippen molar-refractivity contribution in [3.63, 3.8) is 0 Å². The van der Waals surface area contributed by atoms with Gasteiger partial charge in [0.05, 0.1) is 43.7 Å². The SMILES string of the molecule is COCCC(C)Oc1nn(C2CCC(N3CCOCC3)CC2)cc1Nc1ncc(-c2ccc(C#N)c(O[C@@H](C)CN(C=N)N=N)c2)cn1. The molecule has 15 heteroatoms. The highest BCUT2D eigenvalue weighted by Gasteiger charge is 2.29. The van der Waals surface area contributed by atoms with Crippen molar-refractivity contribution >= 4 is 18.0 Å². The Morgan fingerprint density at radius 3 is 2.50 bits per heavy atom. The van der Waals surface area contributed by atoms with E-state index in [0.29, 0.717) is 41.5 Å². The average Bonchev–Trinajstić information content (AvgIpc) is 3.51. The number of hydrogen-bond donors (Lipinski definition) is 3. The van der Waals surface area contributed by atoms with Gasteiger partial charge in [-0.2, -0.15) is 10.8 Å². The molecule has 2 fully saturated rings. The molecule has 1 unspecified atom stereocenters. The number of methoxy groups -OCH3 is 1. The van der Waals surface area contributed by atoms with Gasteiger partial charge >= 0.3 is 0 Å². The van der Waals surface area contributed by atoms with Crippen LogP contribution in [0.4, 0.5) is 11.6 Å². The minimum Gasteiger partial charge on any atom is -0.487 e. The minimum atomic E-state index is -0.430. The zero-order valence-electron chi connectivity index (χ0n) is 27.8. The van der Waals surface area contributed by atoms with E-state index in [9.17, 15) is 5.26 Å². The fourth-order valence-electron chi connectivity index (χ4n) is 6.09. The molecule has 2 aromatic heterocycles. The quantitative estimate of drug-likeness (QED) is 0.0795. The van der Waals surface area contributed by atoms with E-state index >= 15 is 0 Å². The number of nitrogens with one attached hydrogen (secondary N) is 3. The van der Waals surface area contributed by atoms with Crippen molar-refractivity contribution in [3.8, 4) is 28.8 Å². The van der Waals surface area contributed by atoms with Gasteiger partial charge < -0.3 is 24.3 Å². The lowest BCUT2D eigenvalue weighted by Gasteiger charge is -2.38. The lowest BCUT2D eigenvalue weighted by atomic mass is 9.90. The Kier molecular flexibility index (Phi) is 12.2. The Morgan fingerprint density at radius 1 is 1.10 bits per heavy atom. The molecule has 1 aromatic carbocycles. The third kappa shape index (κ3) is 9.03. The molecule has 5 rings (SSSR count). The van der Waals surface area contributed by atoms with Crippen LogP contribution in [0.15, 0.2) is 42.0 Å². The van der Waals surface area contributed by atoms with E-state index in [1.165, 1.54) is 0 Å². The van der Waals surface area contributed by atoms with E-state index in [-0.39, 0.29) is 18.7 Å². The molecule has 1 saturated heterocycles. The van der Waals surface area contributed by atoms with Crippen molar-refractivity contribution < 1.29 is 18.9 Å². The average molecular weight is 660 g/mol. The molecule has 0 bridgehead atoms. The molecule has 1 aliphatic heterocycles. The number of morpholine rings is 1. The van der Waals surface area contributed by atoms with Crippen LogP contribution in [0.3, 0.4) is 0 Å². The van der Waals surface area contributed by atoms with E-state index in [2.05, 4.69) is 31.5 Å². The molecular formula is C33H45N11O4. The van der Waals surface area contributed by atoms with Crippen molar-refractivity contribution in [1.29, 1.82) is 16.2 Å². The van der Waals surface area contributed by atoms with E-state index in [1.54, 1.807) is 38.6 Å². The van der Waals surface area contributed by atoms with Crippen molar-refractivity contribution in [2.45, 2.75) is 70.2 Å². The van der Waals surface area contributed by atoms with Crippen LogP contribution in [0.2, 0.25) is 0 Å². The first-order chi connectivity index (χ1) is 23.4. The number of rotatable bonds is 16. The lowest BCUT2D eigenvalue weighted by Crippen LogP contribution is -2.45. The summed E-state index contributed by atoms with van der Waals surface area (Å²) >= 11 is 0. The van der Waals surface area contributed by atoms with Crippen molar-refractivity contribution in [2.75, 3.05) is 51.9 Å². The fourth-order valence-corrected chi connectivity index (χ4v) is 6.09. The molecule has 2 atom stereocenters. The first-order valence-corrected chi connectivity index (χ1v) is 16.4. The summed E-state index contributed by atoms with van der Waals surface area (Å²) in [6.07, 6.45) is 10.9. The van der Waals surface area contributed by atoms with Gasteiger partial charge in [0.2, 0.25) is 5.95 Å². The predicted octanol–water partition coefficient (Wildman–Crippen LogP) is 5.20. The van der Waals surface area contributed by atoms with Gasteiger partial charge in [0, 0.05) is 57.2 Å². The van der Waals surface area contributed by atoms with Gasteiger partial charge in [0.15, 0.2) is 0 Å². The van der Waals surface area contributed by atoms with Crippen LogP contribution in [-0.4, -0.2) is 101 Å². The van der Waals surface area contributed by atoms with Gasteiger partial charge in [-0.05, 0) is 57.2 Å². The molecule has 0 spiro atoms. The second-order valence-corrected chi connectivity index (χ2v) is 12.2. The molecule has 0 amide bonds. The van der Waals surface area contributed by atoms with E-state index in [4.69, 9.17) is 35.0 Å². The first-order valence-electron chi connectivity index (χ1n) is 16.4. The smallest absolute Gasteiger partial charge is 0.257 e. The summed E-state index contributed by atoms with van der Waals surface area (Å²) < 4.78 is 25.1. The Hall–Kier alpha value is -4.65. The topological polar surface area (TPSA) is 183 Å². The number of nitrogens with zero attached hydrogens (tertiary/aromatic N) is 8. The summed E-state index contributed by atoms with van der Waals surface area (Å²) in [5, 5.41) is 29.6. The Morgan fingerprint density at radius 2 is 1.83 bits per heavy atom. The third-order valence-electron chi connectivity index (χ3n) is 8.73. The van der Waals surface area contributed by atoms with Gasteiger partial charge in [-0.25, -0.2) is 15.0 Å². The summed E-state index contributed by atoms with van der Waals surface area (Å²) in [5.74, 6) is 1.29. The summed E-state index contributed by atoms with van der Waals surface area (Å²) in [4.78, 5) is 11.7. The molecule has 0 radical (unpaired) electrons. The number of aromatic nitrogens is 4. The summed E-state index contributed by atoms with van der Waals surface area (Å²) in [5.41, 5.74) is 9.73. The highest BCUT2D eigenvalue weighted by atomic mass is 16.5. The summed E-state index contributed by atoms with van der Waals surface area (Å²) in [7, 11) is 1.68. The maximum atomic E-state index is 9.63. The number of nitriles is 1. The maximum Gasteiger partial charge on any atom is 0.257 e.